The van der Waals surface area contributed by atoms with E-state index in [1.165, 1.54) is 0 Å². The minimum atomic E-state index is 0.380. The third kappa shape index (κ3) is 3.53. The second-order valence-electron chi connectivity index (χ2n) is 3.81. The lowest BCUT2D eigenvalue weighted by Crippen LogP contribution is -2.09. The molecule has 0 unspecified atom stereocenters. The lowest BCUT2D eigenvalue weighted by molar-refractivity contribution is 0.320. The summed E-state index contributed by atoms with van der Waals surface area (Å²) in [6.45, 7) is 0.581. The molecule has 3 nitrogen and oxygen atoms in total. The van der Waals surface area contributed by atoms with Crippen LogP contribution >= 0.6 is 12.2 Å². The first-order valence-electron chi connectivity index (χ1n) is 5.68. The van der Waals surface area contributed by atoms with Gasteiger partial charge >= 0.3 is 0 Å². The zero-order valence-electron chi connectivity index (χ0n) is 9.87. The van der Waals surface area contributed by atoms with Crippen LogP contribution in [0.4, 0.5) is 0 Å². The van der Waals surface area contributed by atoms with Gasteiger partial charge in [0.05, 0.1) is 6.61 Å². The van der Waals surface area contributed by atoms with E-state index in [2.05, 4.69) is 4.98 Å². The van der Waals surface area contributed by atoms with Crippen molar-refractivity contribution in [2.45, 2.75) is 6.42 Å². The van der Waals surface area contributed by atoms with Gasteiger partial charge in [-0.25, -0.2) is 0 Å². The van der Waals surface area contributed by atoms with E-state index >= 15 is 0 Å². The summed E-state index contributed by atoms with van der Waals surface area (Å²) in [6.07, 6.45) is 2.56. The van der Waals surface area contributed by atoms with Crippen molar-refractivity contribution in [2.75, 3.05) is 6.61 Å². The molecular formula is C14H14N2OS. The highest BCUT2D eigenvalue weighted by Crippen LogP contribution is 2.13. The Bertz CT molecular complexity index is 528. The third-order valence-corrected chi connectivity index (χ3v) is 2.71. The Hall–Kier alpha value is -1.94. The Labute approximate surface area is 112 Å². The molecular weight excluding hydrogens is 244 g/mol. The summed E-state index contributed by atoms with van der Waals surface area (Å²) in [5, 5.41) is 0. The van der Waals surface area contributed by atoms with E-state index < -0.39 is 0 Å². The van der Waals surface area contributed by atoms with Crippen molar-refractivity contribution in [3.63, 3.8) is 0 Å². The number of ether oxygens (including phenoxy) is 1. The maximum absolute atomic E-state index is 5.65. The summed E-state index contributed by atoms with van der Waals surface area (Å²) >= 11 is 4.92. The zero-order chi connectivity index (χ0) is 12.8. The van der Waals surface area contributed by atoms with E-state index in [9.17, 15) is 0 Å². The fourth-order valence-electron chi connectivity index (χ4n) is 1.56. The maximum atomic E-state index is 5.65. The molecule has 1 heterocycles. The quantitative estimate of drug-likeness (QED) is 0.836. The van der Waals surface area contributed by atoms with Gasteiger partial charge < -0.3 is 10.5 Å². The Morgan fingerprint density at radius 1 is 1.22 bits per heavy atom. The van der Waals surface area contributed by atoms with Gasteiger partial charge in [-0.3, -0.25) is 4.98 Å². The Balaban J connectivity index is 1.90. The summed E-state index contributed by atoms with van der Waals surface area (Å²) in [4.78, 5) is 4.61. The number of nitrogens with two attached hydrogens (primary N) is 1. The van der Waals surface area contributed by atoms with Crippen molar-refractivity contribution in [3.8, 4) is 5.75 Å². The first-order chi connectivity index (χ1) is 8.75. The number of hydrogen-bond donors (Lipinski definition) is 1. The molecule has 2 N–H and O–H groups in total. The summed E-state index contributed by atoms with van der Waals surface area (Å²) < 4.78 is 5.65. The molecule has 0 amide bonds. The van der Waals surface area contributed by atoms with Crippen LogP contribution in [0.2, 0.25) is 0 Å². The largest absolute Gasteiger partial charge is 0.493 e. The van der Waals surface area contributed by atoms with E-state index in [0.717, 1.165) is 23.4 Å². The zero-order valence-corrected chi connectivity index (χ0v) is 10.7. The van der Waals surface area contributed by atoms with Crippen LogP contribution in [0.1, 0.15) is 11.3 Å². The number of rotatable bonds is 5. The van der Waals surface area contributed by atoms with Gasteiger partial charge in [0.1, 0.15) is 10.7 Å². The molecule has 1 aromatic heterocycles. The van der Waals surface area contributed by atoms with Crippen LogP contribution < -0.4 is 10.5 Å². The molecule has 0 aliphatic rings. The number of nitrogens with zero attached hydrogens (tertiary/aromatic N) is 1. The molecule has 0 saturated heterocycles. The van der Waals surface area contributed by atoms with Crippen molar-refractivity contribution in [1.29, 1.82) is 0 Å². The highest BCUT2D eigenvalue weighted by molar-refractivity contribution is 7.80. The van der Waals surface area contributed by atoms with Gasteiger partial charge in [0.15, 0.2) is 0 Å². The average molecular weight is 258 g/mol. The number of benzene rings is 1. The van der Waals surface area contributed by atoms with E-state index in [-0.39, 0.29) is 0 Å². The van der Waals surface area contributed by atoms with Gasteiger partial charge in [0, 0.05) is 23.9 Å². The smallest absolute Gasteiger partial charge is 0.120 e. The molecule has 0 aliphatic carbocycles. The molecule has 0 atom stereocenters. The third-order valence-electron chi connectivity index (χ3n) is 2.47. The topological polar surface area (TPSA) is 48.1 Å². The molecule has 18 heavy (non-hydrogen) atoms. The van der Waals surface area contributed by atoms with Crippen molar-refractivity contribution < 1.29 is 4.74 Å². The van der Waals surface area contributed by atoms with Gasteiger partial charge in [0.2, 0.25) is 0 Å². The Morgan fingerprint density at radius 2 is 2.11 bits per heavy atom. The van der Waals surface area contributed by atoms with Gasteiger partial charge in [0.25, 0.3) is 0 Å². The van der Waals surface area contributed by atoms with Crippen LogP contribution in [-0.2, 0) is 6.42 Å². The average Bonchev–Trinajstić information content (AvgIpc) is 2.40. The summed E-state index contributed by atoms with van der Waals surface area (Å²) in [7, 11) is 0. The van der Waals surface area contributed by atoms with Crippen LogP contribution in [0.3, 0.4) is 0 Å². The second kappa shape index (κ2) is 6.12. The van der Waals surface area contributed by atoms with Crippen LogP contribution in [0.15, 0.2) is 48.7 Å². The first-order valence-corrected chi connectivity index (χ1v) is 6.09. The molecule has 4 heteroatoms. The second-order valence-corrected chi connectivity index (χ2v) is 4.25. The van der Waals surface area contributed by atoms with E-state index in [1.807, 2.05) is 42.5 Å². The van der Waals surface area contributed by atoms with Crippen LogP contribution in [0.25, 0.3) is 0 Å². The maximum Gasteiger partial charge on any atom is 0.120 e. The molecule has 0 saturated carbocycles. The van der Waals surface area contributed by atoms with Crippen molar-refractivity contribution in [2.24, 2.45) is 5.73 Å². The fourth-order valence-corrected chi connectivity index (χ4v) is 1.69. The van der Waals surface area contributed by atoms with Crippen LogP contribution in [0.5, 0.6) is 5.75 Å². The minimum Gasteiger partial charge on any atom is -0.493 e. The monoisotopic (exact) mass is 258 g/mol. The SMILES string of the molecule is NC(=S)c1cccc(OCCc2ccccn2)c1. The molecule has 0 radical (unpaired) electrons. The van der Waals surface area contributed by atoms with Gasteiger partial charge in [-0.1, -0.05) is 30.4 Å². The summed E-state index contributed by atoms with van der Waals surface area (Å²) in [5.74, 6) is 0.774. The van der Waals surface area contributed by atoms with E-state index in [1.54, 1.807) is 6.20 Å². The predicted octanol–water partition coefficient (Wildman–Crippen LogP) is 2.34. The number of thiocarbonyl (C=S) groups is 1. The van der Waals surface area contributed by atoms with E-state index in [4.69, 9.17) is 22.7 Å². The number of pyridine rings is 1. The Kier molecular flexibility index (Phi) is 4.25. The molecule has 92 valence electrons. The van der Waals surface area contributed by atoms with Crippen LogP contribution in [0, 0.1) is 0 Å². The van der Waals surface area contributed by atoms with Gasteiger partial charge in [-0.15, -0.1) is 0 Å². The minimum absolute atomic E-state index is 0.380. The van der Waals surface area contributed by atoms with Gasteiger partial charge in [-0.05, 0) is 24.3 Å². The molecule has 1 aromatic carbocycles. The van der Waals surface area contributed by atoms with E-state index in [0.29, 0.717) is 11.6 Å². The summed E-state index contributed by atoms with van der Waals surface area (Å²) in [5.41, 5.74) is 7.40. The standard InChI is InChI=1S/C14H14N2OS/c15-14(18)11-4-3-6-13(10-11)17-9-7-12-5-1-2-8-16-12/h1-6,8,10H,7,9H2,(H2,15,18). The fraction of sp³-hybridized carbons (Fsp3) is 0.143. The predicted molar refractivity (Wildman–Crippen MR) is 75.8 cm³/mol. The normalized spacial score (nSPS) is 10.0. The molecule has 0 spiro atoms. The van der Waals surface area contributed by atoms with Crippen molar-refractivity contribution in [1.82, 2.24) is 4.98 Å². The number of aromatic nitrogens is 1. The van der Waals surface area contributed by atoms with Crippen LogP contribution in [-0.4, -0.2) is 16.6 Å². The Morgan fingerprint density at radius 3 is 2.83 bits per heavy atom. The van der Waals surface area contributed by atoms with Crippen molar-refractivity contribution >= 4 is 17.2 Å². The lowest BCUT2D eigenvalue weighted by atomic mass is 10.2. The summed E-state index contributed by atoms with van der Waals surface area (Å²) in [6, 6.07) is 13.3. The first kappa shape index (κ1) is 12.5. The highest BCUT2D eigenvalue weighted by Gasteiger charge is 2.00. The van der Waals surface area contributed by atoms with Gasteiger partial charge in [-0.2, -0.15) is 0 Å². The molecule has 2 aromatic rings. The van der Waals surface area contributed by atoms with Crippen molar-refractivity contribution in [3.05, 3.63) is 59.9 Å². The molecule has 2 rings (SSSR count). The molecule has 0 aliphatic heterocycles. The number of hydrogen-bond acceptors (Lipinski definition) is 3. The molecule has 0 fully saturated rings. The highest BCUT2D eigenvalue weighted by atomic mass is 32.1. The lowest BCUT2D eigenvalue weighted by Gasteiger charge is -2.07. The molecule has 0 bridgehead atoms.